The molecule has 0 saturated heterocycles. The number of oxazole rings is 1. The molecule has 0 spiro atoms. The molecule has 3 aromatic rings. The van der Waals surface area contributed by atoms with Crippen LogP contribution in [0, 0.1) is 0 Å². The standard InChI is InChI=1S/C22H25N3O3S/c1-5-6-20(26)25-22(29)24-16-12-15(8-9-18(16)27-4)21-23-17-11-14(13(2)3)7-10-19(17)28-21/h7-13H,5-6H2,1-4H3,(H2,24,25,26,29). The predicted molar refractivity (Wildman–Crippen MR) is 119 cm³/mol. The number of carbonyl (C=O) groups excluding carboxylic acids is 1. The van der Waals surface area contributed by atoms with E-state index in [4.69, 9.17) is 21.4 Å². The maximum atomic E-state index is 11.8. The van der Waals surface area contributed by atoms with Gasteiger partial charge in [0.25, 0.3) is 0 Å². The fourth-order valence-corrected chi connectivity index (χ4v) is 3.16. The lowest BCUT2D eigenvalue weighted by Crippen LogP contribution is -2.33. The smallest absolute Gasteiger partial charge is 0.227 e. The van der Waals surface area contributed by atoms with Crippen molar-refractivity contribution in [2.45, 2.75) is 39.5 Å². The lowest BCUT2D eigenvalue weighted by atomic mass is 10.0. The van der Waals surface area contributed by atoms with Crippen molar-refractivity contribution in [3.63, 3.8) is 0 Å². The van der Waals surface area contributed by atoms with Crippen molar-refractivity contribution in [2.24, 2.45) is 0 Å². The molecule has 7 heteroatoms. The Morgan fingerprint density at radius 2 is 2.03 bits per heavy atom. The summed E-state index contributed by atoms with van der Waals surface area (Å²) in [7, 11) is 1.58. The molecule has 0 bridgehead atoms. The maximum absolute atomic E-state index is 11.8. The van der Waals surface area contributed by atoms with Gasteiger partial charge in [-0.3, -0.25) is 4.79 Å². The predicted octanol–water partition coefficient (Wildman–Crippen LogP) is 5.24. The zero-order valence-corrected chi connectivity index (χ0v) is 17.9. The van der Waals surface area contributed by atoms with Crippen LogP contribution in [0.3, 0.4) is 0 Å². The summed E-state index contributed by atoms with van der Waals surface area (Å²) in [4.78, 5) is 16.4. The number of rotatable bonds is 6. The molecule has 1 heterocycles. The van der Waals surface area contributed by atoms with Gasteiger partial charge in [0.1, 0.15) is 11.3 Å². The summed E-state index contributed by atoms with van der Waals surface area (Å²) >= 11 is 5.25. The number of amides is 1. The number of carbonyl (C=O) groups is 1. The number of anilines is 1. The van der Waals surface area contributed by atoms with Gasteiger partial charge in [-0.2, -0.15) is 0 Å². The highest BCUT2D eigenvalue weighted by Gasteiger charge is 2.14. The van der Waals surface area contributed by atoms with Crippen molar-refractivity contribution < 1.29 is 13.9 Å². The molecule has 2 aromatic carbocycles. The van der Waals surface area contributed by atoms with Crippen molar-refractivity contribution in [2.75, 3.05) is 12.4 Å². The highest BCUT2D eigenvalue weighted by molar-refractivity contribution is 7.80. The maximum Gasteiger partial charge on any atom is 0.227 e. The molecule has 0 aliphatic heterocycles. The first-order chi connectivity index (χ1) is 13.9. The van der Waals surface area contributed by atoms with Gasteiger partial charge in [0.15, 0.2) is 10.7 Å². The van der Waals surface area contributed by atoms with Crippen molar-refractivity contribution in [3.8, 4) is 17.2 Å². The highest BCUT2D eigenvalue weighted by Crippen LogP contribution is 2.32. The van der Waals surface area contributed by atoms with Gasteiger partial charge in [0, 0.05) is 12.0 Å². The van der Waals surface area contributed by atoms with Crippen molar-refractivity contribution in [1.82, 2.24) is 10.3 Å². The first-order valence-corrected chi connectivity index (χ1v) is 10.0. The van der Waals surface area contributed by atoms with E-state index < -0.39 is 0 Å². The minimum Gasteiger partial charge on any atom is -0.495 e. The second-order valence-electron chi connectivity index (χ2n) is 7.07. The first-order valence-electron chi connectivity index (χ1n) is 9.61. The van der Waals surface area contributed by atoms with E-state index in [-0.39, 0.29) is 11.0 Å². The fourth-order valence-electron chi connectivity index (χ4n) is 2.94. The third kappa shape index (κ3) is 4.92. The van der Waals surface area contributed by atoms with Gasteiger partial charge in [-0.05, 0) is 60.5 Å². The summed E-state index contributed by atoms with van der Waals surface area (Å²) in [5.41, 5.74) is 4.16. The normalized spacial score (nSPS) is 10.9. The average molecular weight is 412 g/mol. The number of nitrogens with zero attached hydrogens (tertiary/aromatic N) is 1. The third-order valence-corrected chi connectivity index (χ3v) is 4.71. The van der Waals surface area contributed by atoms with Crippen LogP contribution in [-0.2, 0) is 4.79 Å². The van der Waals surface area contributed by atoms with Crippen LogP contribution in [-0.4, -0.2) is 23.1 Å². The fraction of sp³-hybridized carbons (Fsp3) is 0.318. The molecule has 2 N–H and O–H groups in total. The number of methoxy groups -OCH3 is 1. The van der Waals surface area contributed by atoms with Crippen LogP contribution in [0.1, 0.15) is 45.1 Å². The highest BCUT2D eigenvalue weighted by atomic mass is 32.1. The molecule has 0 saturated carbocycles. The molecule has 0 fully saturated rings. The monoisotopic (exact) mass is 411 g/mol. The Hall–Kier alpha value is -2.93. The van der Waals surface area contributed by atoms with E-state index in [1.807, 2.05) is 37.3 Å². The summed E-state index contributed by atoms with van der Waals surface area (Å²) in [5, 5.41) is 5.91. The number of nitrogens with one attached hydrogen (secondary N) is 2. The topological polar surface area (TPSA) is 76.4 Å². The molecule has 29 heavy (non-hydrogen) atoms. The Morgan fingerprint density at radius 1 is 1.24 bits per heavy atom. The third-order valence-electron chi connectivity index (χ3n) is 4.50. The molecule has 0 aliphatic rings. The van der Waals surface area contributed by atoms with Gasteiger partial charge < -0.3 is 19.8 Å². The van der Waals surface area contributed by atoms with Gasteiger partial charge in [-0.15, -0.1) is 0 Å². The molecule has 1 amide bonds. The van der Waals surface area contributed by atoms with Crippen LogP contribution >= 0.6 is 12.2 Å². The molecular formula is C22H25N3O3S. The van der Waals surface area contributed by atoms with E-state index in [2.05, 4.69) is 35.5 Å². The largest absolute Gasteiger partial charge is 0.495 e. The Kier molecular flexibility index (Phi) is 6.49. The number of ether oxygens (including phenoxy) is 1. The van der Waals surface area contributed by atoms with Gasteiger partial charge in [-0.1, -0.05) is 26.8 Å². The molecular weight excluding hydrogens is 386 g/mol. The Bertz CT molecular complexity index is 1040. The quantitative estimate of drug-likeness (QED) is 0.540. The average Bonchev–Trinajstić information content (AvgIpc) is 3.11. The molecule has 0 radical (unpaired) electrons. The van der Waals surface area contributed by atoms with Crippen molar-refractivity contribution in [3.05, 3.63) is 42.0 Å². The number of hydrogen-bond acceptors (Lipinski definition) is 5. The molecule has 3 rings (SSSR count). The zero-order valence-electron chi connectivity index (χ0n) is 17.0. The van der Waals surface area contributed by atoms with E-state index in [0.717, 1.165) is 23.1 Å². The SMILES string of the molecule is CCCC(=O)NC(=S)Nc1cc(-c2nc3cc(C(C)C)ccc3o2)ccc1OC. The van der Waals surface area contributed by atoms with Gasteiger partial charge >= 0.3 is 0 Å². The van der Waals surface area contributed by atoms with E-state index in [1.165, 1.54) is 5.56 Å². The molecule has 0 aliphatic carbocycles. The number of thiocarbonyl (C=S) groups is 1. The van der Waals surface area contributed by atoms with Crippen molar-refractivity contribution in [1.29, 1.82) is 0 Å². The van der Waals surface area contributed by atoms with Crippen LogP contribution in [0.5, 0.6) is 5.75 Å². The number of aromatic nitrogens is 1. The van der Waals surface area contributed by atoms with Gasteiger partial charge in [0.05, 0.1) is 12.8 Å². The second kappa shape index (κ2) is 9.05. The minimum atomic E-state index is -0.125. The minimum absolute atomic E-state index is 0.125. The lowest BCUT2D eigenvalue weighted by molar-refractivity contribution is -0.119. The Morgan fingerprint density at radius 3 is 2.72 bits per heavy atom. The number of fused-ring (bicyclic) bond motifs is 1. The van der Waals surface area contributed by atoms with Gasteiger partial charge in [-0.25, -0.2) is 4.98 Å². The van der Waals surface area contributed by atoms with E-state index in [0.29, 0.717) is 29.7 Å². The summed E-state index contributed by atoms with van der Waals surface area (Å²) < 4.78 is 11.3. The Labute approximate surface area is 175 Å². The van der Waals surface area contributed by atoms with Crippen LogP contribution in [0.2, 0.25) is 0 Å². The summed E-state index contributed by atoms with van der Waals surface area (Å²) in [5.74, 6) is 1.40. The number of hydrogen-bond donors (Lipinski definition) is 2. The van der Waals surface area contributed by atoms with E-state index in [9.17, 15) is 4.79 Å². The molecule has 6 nitrogen and oxygen atoms in total. The van der Waals surface area contributed by atoms with Crippen LogP contribution in [0.15, 0.2) is 40.8 Å². The molecule has 0 atom stereocenters. The molecule has 0 unspecified atom stereocenters. The second-order valence-corrected chi connectivity index (χ2v) is 7.48. The van der Waals surface area contributed by atoms with Crippen LogP contribution in [0.25, 0.3) is 22.6 Å². The van der Waals surface area contributed by atoms with Crippen LogP contribution < -0.4 is 15.4 Å². The zero-order chi connectivity index (χ0) is 21.0. The molecule has 1 aromatic heterocycles. The van der Waals surface area contributed by atoms with Crippen LogP contribution in [0.4, 0.5) is 5.69 Å². The first kappa shape index (κ1) is 20.8. The van der Waals surface area contributed by atoms with Crippen molar-refractivity contribution >= 4 is 40.0 Å². The summed E-state index contributed by atoms with van der Waals surface area (Å²) in [6, 6.07) is 11.6. The summed E-state index contributed by atoms with van der Waals surface area (Å²) in [6.45, 7) is 6.23. The van der Waals surface area contributed by atoms with E-state index >= 15 is 0 Å². The number of benzene rings is 2. The lowest BCUT2D eigenvalue weighted by Gasteiger charge is -2.13. The summed E-state index contributed by atoms with van der Waals surface area (Å²) in [6.07, 6.45) is 1.17. The molecule has 152 valence electrons. The van der Waals surface area contributed by atoms with Gasteiger partial charge in [0.2, 0.25) is 11.8 Å². The Balaban J connectivity index is 1.89. The van der Waals surface area contributed by atoms with E-state index in [1.54, 1.807) is 7.11 Å².